The van der Waals surface area contributed by atoms with Gasteiger partial charge in [0.1, 0.15) is 6.33 Å². The number of nitrogens with one attached hydrogen (secondary N) is 2. The minimum absolute atomic E-state index is 0.0228. The number of hydrogen-bond acceptors (Lipinski definition) is 5. The Hall–Kier alpha value is -3.09. The topological polar surface area (TPSA) is 87.2 Å². The summed E-state index contributed by atoms with van der Waals surface area (Å²) in [6.45, 7) is 1.20. The molecule has 2 aromatic rings. The summed E-state index contributed by atoms with van der Waals surface area (Å²) in [7, 11) is 0. The Labute approximate surface area is 200 Å². The maximum atomic E-state index is 14.1. The van der Waals surface area contributed by atoms with Gasteiger partial charge in [-0.2, -0.15) is 13.2 Å². The molecule has 14 heteroatoms. The van der Waals surface area contributed by atoms with Crippen LogP contribution < -0.4 is 15.5 Å². The number of anilines is 2. The van der Waals surface area contributed by atoms with Gasteiger partial charge in [-0.15, -0.1) is 0 Å². The zero-order chi connectivity index (χ0) is 26.0. The lowest BCUT2D eigenvalue weighted by Gasteiger charge is -2.40. The van der Waals surface area contributed by atoms with E-state index in [2.05, 4.69) is 15.3 Å². The molecule has 1 aliphatic rings. The van der Waals surface area contributed by atoms with Crippen molar-refractivity contribution in [3.63, 3.8) is 0 Å². The first kappa shape index (κ1) is 26.5. The number of aromatic nitrogens is 2. The highest BCUT2D eigenvalue weighted by atomic mass is 35.5. The summed E-state index contributed by atoms with van der Waals surface area (Å²) >= 11 is 5.42. The average Bonchev–Trinajstić information content (AvgIpc) is 3.12. The van der Waals surface area contributed by atoms with E-state index in [-0.39, 0.29) is 17.7 Å². The molecular weight excluding hydrogens is 504 g/mol. The maximum Gasteiger partial charge on any atom is 0.482 e. The quantitative estimate of drug-likeness (QED) is 0.317. The number of carbonyl (C=O) groups excluding carboxylic acids is 2. The van der Waals surface area contributed by atoms with Gasteiger partial charge in [0, 0.05) is 48.2 Å². The van der Waals surface area contributed by atoms with Crippen molar-refractivity contribution in [3.8, 4) is 0 Å². The molecule has 1 aliphatic carbocycles. The molecule has 7 nitrogen and oxygen atoms in total. The molecule has 2 N–H and O–H groups in total. The number of hydrogen-bond donors (Lipinski definition) is 2. The molecule has 0 unspecified atom stereocenters. The molecule has 3 rings (SSSR count). The predicted octanol–water partition coefficient (Wildman–Crippen LogP) is 4.50. The minimum Gasteiger partial charge on any atom is -0.351 e. The Kier molecular flexibility index (Phi) is 7.48. The fraction of sp³-hybridized carbons (Fsp3) is 0.429. The van der Waals surface area contributed by atoms with Crippen LogP contribution in [0.3, 0.4) is 0 Å². The number of nitrogens with zero attached hydrogens (tertiary/aromatic N) is 3. The average molecular weight is 524 g/mol. The molecule has 1 heterocycles. The van der Waals surface area contributed by atoms with Crippen molar-refractivity contribution in [2.45, 2.75) is 55.6 Å². The zero-order valence-corrected chi connectivity index (χ0v) is 18.9. The lowest BCUT2D eigenvalue weighted by atomic mass is 9.89. The Bertz CT molecular complexity index is 1050. The number of rotatable bonds is 7. The lowest BCUT2D eigenvalue weighted by molar-refractivity contribution is -0.131. The van der Waals surface area contributed by atoms with Gasteiger partial charge in [-0.1, -0.05) is 11.6 Å². The van der Waals surface area contributed by atoms with Crippen LogP contribution in [0.5, 0.6) is 0 Å². The second kappa shape index (κ2) is 9.88. The van der Waals surface area contributed by atoms with E-state index in [1.54, 1.807) is 0 Å². The summed E-state index contributed by atoms with van der Waals surface area (Å²) < 4.78 is 79.4. The monoisotopic (exact) mass is 523 g/mol. The van der Waals surface area contributed by atoms with Crippen molar-refractivity contribution < 1.29 is 35.9 Å². The smallest absolute Gasteiger partial charge is 0.351 e. The van der Waals surface area contributed by atoms with Gasteiger partial charge in [0.15, 0.2) is 5.54 Å². The summed E-state index contributed by atoms with van der Waals surface area (Å²) in [5.41, 5.74) is -5.36. The molecule has 0 saturated heterocycles. The molecule has 1 aromatic heterocycles. The van der Waals surface area contributed by atoms with Crippen LogP contribution >= 0.6 is 11.6 Å². The summed E-state index contributed by atoms with van der Waals surface area (Å²) in [5, 5.41) is 3.74. The van der Waals surface area contributed by atoms with E-state index in [0.717, 1.165) is 43.0 Å². The van der Waals surface area contributed by atoms with E-state index in [0.29, 0.717) is 4.90 Å². The summed E-state index contributed by atoms with van der Waals surface area (Å²) in [4.78, 5) is 34.7. The Morgan fingerprint density at radius 2 is 1.77 bits per heavy atom. The highest BCUT2D eigenvalue weighted by Gasteiger charge is 2.49. The van der Waals surface area contributed by atoms with Crippen molar-refractivity contribution in [1.82, 2.24) is 15.3 Å². The van der Waals surface area contributed by atoms with E-state index >= 15 is 0 Å². The third-order valence-electron chi connectivity index (χ3n) is 5.57. The van der Waals surface area contributed by atoms with Crippen LogP contribution in [-0.4, -0.2) is 45.7 Å². The van der Waals surface area contributed by atoms with E-state index in [9.17, 15) is 35.9 Å². The van der Waals surface area contributed by atoms with Gasteiger partial charge in [-0.3, -0.25) is 19.8 Å². The maximum absolute atomic E-state index is 14.1. The number of alkyl halides is 7. The molecule has 190 valence electrons. The third-order valence-corrected chi connectivity index (χ3v) is 5.76. The lowest BCUT2D eigenvalue weighted by Crippen LogP contribution is -2.59. The first-order valence-corrected chi connectivity index (χ1v) is 10.7. The first-order valence-electron chi connectivity index (χ1n) is 10.2. The van der Waals surface area contributed by atoms with Crippen LogP contribution in [0, 0.1) is 0 Å². The highest BCUT2D eigenvalue weighted by molar-refractivity contribution is 6.32. The Morgan fingerprint density at radius 1 is 1.17 bits per heavy atom. The standard InChI is InChI=1S/C21H20ClF6N5O2/c1-19(12-9-29-11-30-10-12,18(35)31-14-6-7-20(24,25)8-14)33(17(34)16(22)23)15-4-2-13(3-5-15)32-21(26,27)28/h2-5,9-11,14,16,32H,6-8H2,1H3,(H,31,35)/t14-,16-,19+/m0/s1. The van der Waals surface area contributed by atoms with E-state index in [1.807, 2.05) is 0 Å². The Balaban J connectivity index is 2.07. The second-order valence-electron chi connectivity index (χ2n) is 8.11. The van der Waals surface area contributed by atoms with Gasteiger partial charge >= 0.3 is 6.30 Å². The van der Waals surface area contributed by atoms with Crippen molar-refractivity contribution in [3.05, 3.63) is 48.5 Å². The fourth-order valence-electron chi connectivity index (χ4n) is 3.87. The molecule has 0 aliphatic heterocycles. The predicted molar refractivity (Wildman–Crippen MR) is 114 cm³/mol. The van der Waals surface area contributed by atoms with Crippen LogP contribution in [-0.2, 0) is 15.1 Å². The third kappa shape index (κ3) is 6.13. The molecule has 3 atom stereocenters. The summed E-state index contributed by atoms with van der Waals surface area (Å²) in [6.07, 6.45) is -2.40. The molecule has 0 bridgehead atoms. The molecule has 1 aromatic carbocycles. The van der Waals surface area contributed by atoms with Crippen molar-refractivity contribution in [2.75, 3.05) is 10.2 Å². The number of benzene rings is 1. The molecular formula is C21H20ClF6N5O2. The first-order chi connectivity index (χ1) is 16.2. The normalized spacial score (nSPS) is 19.9. The van der Waals surface area contributed by atoms with Gasteiger partial charge in [-0.05, 0) is 37.6 Å². The van der Waals surface area contributed by atoms with Crippen molar-refractivity contribution >= 4 is 34.8 Å². The molecule has 35 heavy (non-hydrogen) atoms. The fourth-order valence-corrected chi connectivity index (χ4v) is 3.97. The van der Waals surface area contributed by atoms with Gasteiger partial charge < -0.3 is 5.32 Å². The molecule has 1 fully saturated rings. The van der Waals surface area contributed by atoms with E-state index < -0.39 is 59.8 Å². The highest BCUT2D eigenvalue weighted by Crippen LogP contribution is 2.38. The van der Waals surface area contributed by atoms with Crippen molar-refractivity contribution in [1.29, 1.82) is 0 Å². The molecule has 2 amide bonds. The molecule has 1 saturated carbocycles. The Morgan fingerprint density at radius 3 is 2.26 bits per heavy atom. The van der Waals surface area contributed by atoms with E-state index in [1.165, 1.54) is 12.2 Å². The largest absolute Gasteiger partial charge is 0.482 e. The van der Waals surface area contributed by atoms with Crippen LogP contribution in [0.1, 0.15) is 31.7 Å². The zero-order valence-electron chi connectivity index (χ0n) is 18.1. The van der Waals surface area contributed by atoms with Crippen LogP contribution in [0.4, 0.5) is 37.7 Å². The second-order valence-corrected chi connectivity index (χ2v) is 8.50. The van der Waals surface area contributed by atoms with Gasteiger partial charge in [-0.25, -0.2) is 23.1 Å². The molecule has 0 spiro atoms. The van der Waals surface area contributed by atoms with Gasteiger partial charge in [0.05, 0.1) is 0 Å². The van der Waals surface area contributed by atoms with Gasteiger partial charge in [0.25, 0.3) is 17.4 Å². The number of halogens is 7. The summed E-state index contributed by atoms with van der Waals surface area (Å²) in [5.74, 6) is -5.36. The van der Waals surface area contributed by atoms with Crippen molar-refractivity contribution in [2.24, 2.45) is 0 Å². The number of carbonyl (C=O) groups is 2. The van der Waals surface area contributed by atoms with Gasteiger partial charge in [0.2, 0.25) is 5.92 Å². The summed E-state index contributed by atoms with van der Waals surface area (Å²) in [6, 6.07) is 3.08. The van der Waals surface area contributed by atoms with Crippen LogP contribution in [0.15, 0.2) is 43.0 Å². The molecule has 0 radical (unpaired) electrons. The van der Waals surface area contributed by atoms with Crippen LogP contribution in [0.25, 0.3) is 0 Å². The SMILES string of the molecule is C[C@](C(=O)N[C@H]1CCC(F)(F)C1)(c1cncnc1)N(C(=O)[C@H](F)Cl)c1ccc(NC(F)(F)F)cc1. The van der Waals surface area contributed by atoms with Crippen LogP contribution in [0.2, 0.25) is 0 Å². The number of amides is 2. The minimum atomic E-state index is -4.74. The van der Waals surface area contributed by atoms with E-state index in [4.69, 9.17) is 11.6 Å².